The van der Waals surface area contributed by atoms with Gasteiger partial charge in [-0.15, -0.1) is 0 Å². The van der Waals surface area contributed by atoms with Gasteiger partial charge in [0.15, 0.2) is 45.6 Å². The Morgan fingerprint density at radius 2 is 1.00 bits per heavy atom. The molecule has 21 nitrogen and oxygen atoms in total. The van der Waals surface area contributed by atoms with E-state index in [0.29, 0.717) is 78.5 Å². The number of hydrogen-bond acceptors (Lipinski definition) is 19. The first-order valence-electron chi connectivity index (χ1n) is 22.8. The van der Waals surface area contributed by atoms with Gasteiger partial charge in [0.1, 0.15) is 0 Å². The number of halogens is 1. The molecule has 0 aromatic carbocycles. The molecule has 4 aliphatic rings. The van der Waals surface area contributed by atoms with Gasteiger partial charge in [-0.3, -0.25) is 9.13 Å². The summed E-state index contributed by atoms with van der Waals surface area (Å²) < 4.78 is 15.2. The van der Waals surface area contributed by atoms with Crippen molar-refractivity contribution < 1.29 is 9.47 Å². The monoisotopic (exact) mass is 912 g/mol. The molecule has 6 aromatic heterocycles. The Bertz CT molecular complexity index is 2450. The number of aromatic nitrogens is 12. The molecule has 10 rings (SSSR count). The Balaban J connectivity index is 0.000000159. The van der Waals surface area contributed by atoms with Gasteiger partial charge in [0.25, 0.3) is 0 Å². The third-order valence-electron chi connectivity index (χ3n) is 11.3. The molecule has 65 heavy (non-hydrogen) atoms. The number of nitrogens with two attached hydrogens (primary N) is 2. The first-order chi connectivity index (χ1) is 31.6. The molecule has 0 spiro atoms. The summed E-state index contributed by atoms with van der Waals surface area (Å²) in [7, 11) is 0. The molecule has 0 bridgehead atoms. The van der Waals surface area contributed by atoms with Crippen LogP contribution in [0.3, 0.4) is 0 Å². The number of fused-ring (bicyclic) bond motifs is 2. The number of ether oxygens (including phenoxy) is 2. The number of morpholine rings is 2. The smallest absolute Gasteiger partial charge is 0.219 e. The average Bonchev–Trinajstić information content (AvgIpc) is 3.85. The van der Waals surface area contributed by atoms with Crippen LogP contribution in [0.25, 0.3) is 45.1 Å². The Kier molecular flexibility index (Phi) is 15.3. The van der Waals surface area contributed by atoms with E-state index in [9.17, 15) is 0 Å². The topological polar surface area (TPSA) is 243 Å². The zero-order valence-electron chi connectivity index (χ0n) is 38.0. The SMILES string of the molecule is C1CCNCC1.CC(C)Cn1c(Cl)nc2c(N3CCOCC3)nc(-c3cnc(N)nc3)nc21.CC(C)Cn1c(N2CCNCC2)nc2c(N3CCOCC3)nc(-c3cnc(N)nc3)nc21. The molecule has 4 saturated heterocycles. The molecule has 0 unspecified atom stereocenters. The number of anilines is 5. The maximum Gasteiger partial charge on any atom is 0.219 e. The van der Waals surface area contributed by atoms with Crippen LogP contribution in [0.4, 0.5) is 29.5 Å². The predicted octanol–water partition coefficient (Wildman–Crippen LogP) is 3.54. The second-order valence-corrected chi connectivity index (χ2v) is 17.6. The first-order valence-corrected chi connectivity index (χ1v) is 23.2. The van der Waals surface area contributed by atoms with Crippen LogP contribution in [-0.4, -0.2) is 151 Å². The first kappa shape index (κ1) is 45.9. The molecule has 4 fully saturated rings. The summed E-state index contributed by atoms with van der Waals surface area (Å²) in [6.45, 7) is 22.1. The summed E-state index contributed by atoms with van der Waals surface area (Å²) in [6, 6.07) is 0. The van der Waals surface area contributed by atoms with Crippen LogP contribution in [-0.2, 0) is 22.6 Å². The third kappa shape index (κ3) is 11.3. The van der Waals surface area contributed by atoms with Crippen LogP contribution in [0.1, 0.15) is 47.0 Å². The lowest BCUT2D eigenvalue weighted by molar-refractivity contribution is 0.122. The van der Waals surface area contributed by atoms with Gasteiger partial charge in [-0.25, -0.2) is 49.8 Å². The molecular formula is C43H62ClN19O2. The lowest BCUT2D eigenvalue weighted by Gasteiger charge is -2.29. The van der Waals surface area contributed by atoms with E-state index in [2.05, 4.69) is 82.5 Å². The highest BCUT2D eigenvalue weighted by atomic mass is 35.5. The van der Waals surface area contributed by atoms with Crippen molar-refractivity contribution in [2.24, 2.45) is 11.8 Å². The van der Waals surface area contributed by atoms with E-state index in [4.69, 9.17) is 57.5 Å². The lowest BCUT2D eigenvalue weighted by Crippen LogP contribution is -2.44. The Labute approximate surface area is 384 Å². The van der Waals surface area contributed by atoms with Crippen molar-refractivity contribution in [2.75, 3.05) is 118 Å². The van der Waals surface area contributed by atoms with E-state index < -0.39 is 0 Å². The molecule has 0 amide bonds. The third-order valence-corrected chi connectivity index (χ3v) is 11.6. The quantitative estimate of drug-likeness (QED) is 0.152. The van der Waals surface area contributed by atoms with E-state index in [-0.39, 0.29) is 11.9 Å². The summed E-state index contributed by atoms with van der Waals surface area (Å²) in [4.78, 5) is 52.2. The van der Waals surface area contributed by atoms with E-state index in [1.807, 2.05) is 4.57 Å². The number of piperazine rings is 1. The van der Waals surface area contributed by atoms with E-state index in [1.165, 1.54) is 32.4 Å². The summed E-state index contributed by atoms with van der Waals surface area (Å²) in [5.74, 6) is 4.92. The summed E-state index contributed by atoms with van der Waals surface area (Å²) in [5.41, 5.74) is 15.8. The molecule has 10 heterocycles. The Morgan fingerprint density at radius 3 is 1.45 bits per heavy atom. The van der Waals surface area contributed by atoms with Crippen LogP contribution < -0.4 is 36.8 Å². The number of nitrogen functional groups attached to an aromatic ring is 2. The standard InChI is InChI=1S/C21H30N10O.C17H21ClN8O.C5H11N/c1-14(2)13-31-19-16(26-21(31)30-5-3-23-4-6-30)18(29-7-9-32-10-8-29)27-17(28-19)15-11-24-20(22)25-12-15;1-10(2)9-26-15-12(22-16(26)18)14(25-3-5-27-6-4-25)23-13(24-15)11-7-20-17(19)21-8-11;1-2-4-6-5-3-1/h11-12,14,23H,3-10,13H2,1-2H3,(H2,22,24,25);7-8,10H,3-6,9H2,1-2H3,(H2,19,20,21);6H,1-5H2. The summed E-state index contributed by atoms with van der Waals surface area (Å²) in [6.07, 6.45) is 10.8. The van der Waals surface area contributed by atoms with Gasteiger partial charge in [-0.1, -0.05) is 34.1 Å². The number of rotatable bonds is 9. The highest BCUT2D eigenvalue weighted by molar-refractivity contribution is 6.29. The van der Waals surface area contributed by atoms with Crippen LogP contribution in [0, 0.1) is 11.8 Å². The minimum atomic E-state index is 0.209. The van der Waals surface area contributed by atoms with Crippen molar-refractivity contribution >= 4 is 63.4 Å². The van der Waals surface area contributed by atoms with Crippen molar-refractivity contribution in [2.45, 2.75) is 60.0 Å². The molecule has 0 atom stereocenters. The molecule has 0 radical (unpaired) electrons. The second kappa shape index (κ2) is 21.6. The number of hydrogen-bond donors (Lipinski definition) is 4. The van der Waals surface area contributed by atoms with Crippen molar-refractivity contribution in [3.63, 3.8) is 0 Å². The maximum absolute atomic E-state index is 6.44. The number of nitrogens with one attached hydrogen (secondary N) is 2. The second-order valence-electron chi connectivity index (χ2n) is 17.3. The number of piperidine rings is 1. The molecule has 6 aromatic rings. The average molecular weight is 913 g/mol. The van der Waals surface area contributed by atoms with E-state index in [1.54, 1.807) is 24.8 Å². The minimum Gasteiger partial charge on any atom is -0.378 e. The van der Waals surface area contributed by atoms with Gasteiger partial charge in [0, 0.05) is 90.2 Å². The number of nitrogens with zero attached hydrogens (tertiary/aromatic N) is 15. The highest BCUT2D eigenvalue weighted by Crippen LogP contribution is 2.33. The van der Waals surface area contributed by atoms with Crippen molar-refractivity contribution in [1.82, 2.24) is 69.6 Å². The van der Waals surface area contributed by atoms with Gasteiger partial charge < -0.3 is 46.3 Å². The number of imidazole rings is 2. The molecule has 4 aliphatic heterocycles. The van der Waals surface area contributed by atoms with Crippen molar-refractivity contribution in [3.05, 3.63) is 30.1 Å². The molecule has 0 saturated carbocycles. The van der Waals surface area contributed by atoms with Crippen LogP contribution in [0.2, 0.25) is 5.28 Å². The predicted molar refractivity (Wildman–Crippen MR) is 254 cm³/mol. The van der Waals surface area contributed by atoms with E-state index >= 15 is 0 Å². The highest BCUT2D eigenvalue weighted by Gasteiger charge is 2.27. The normalized spacial score (nSPS) is 17.1. The fraction of sp³-hybridized carbons (Fsp3) is 0.581. The molecular weight excluding hydrogens is 850 g/mol. The van der Waals surface area contributed by atoms with Crippen LogP contribution >= 0.6 is 11.6 Å². The largest absolute Gasteiger partial charge is 0.378 e. The summed E-state index contributed by atoms with van der Waals surface area (Å²) in [5, 5.41) is 7.12. The van der Waals surface area contributed by atoms with Gasteiger partial charge in [0.05, 0.1) is 37.6 Å². The minimum absolute atomic E-state index is 0.209. The zero-order chi connectivity index (χ0) is 45.3. The van der Waals surface area contributed by atoms with Gasteiger partial charge in [-0.2, -0.15) is 0 Å². The summed E-state index contributed by atoms with van der Waals surface area (Å²) >= 11 is 6.44. The molecule has 6 N–H and O–H groups in total. The van der Waals surface area contributed by atoms with Crippen LogP contribution in [0.15, 0.2) is 24.8 Å². The van der Waals surface area contributed by atoms with Crippen LogP contribution in [0.5, 0.6) is 0 Å². The van der Waals surface area contributed by atoms with Gasteiger partial charge >= 0.3 is 0 Å². The zero-order valence-corrected chi connectivity index (χ0v) is 38.7. The fourth-order valence-corrected chi connectivity index (χ4v) is 8.29. The maximum atomic E-state index is 6.44. The fourth-order valence-electron chi connectivity index (χ4n) is 8.06. The molecule has 0 aliphatic carbocycles. The Hall–Kier alpha value is -5.61. The lowest BCUT2D eigenvalue weighted by atomic mass is 10.2. The van der Waals surface area contributed by atoms with Gasteiger partial charge in [0.2, 0.25) is 23.1 Å². The van der Waals surface area contributed by atoms with Crippen molar-refractivity contribution in [1.29, 1.82) is 0 Å². The van der Waals surface area contributed by atoms with Crippen molar-refractivity contribution in [3.8, 4) is 22.8 Å². The molecule has 22 heteroatoms. The van der Waals surface area contributed by atoms with E-state index in [0.717, 1.165) is 93.2 Å². The molecule has 348 valence electrons. The van der Waals surface area contributed by atoms with Gasteiger partial charge in [-0.05, 0) is 49.4 Å². The Morgan fingerprint density at radius 1 is 0.554 bits per heavy atom.